The smallest absolute Gasteiger partial charge is 0.0991 e. The highest BCUT2D eigenvalue weighted by Crippen LogP contribution is 2.42. The van der Waals surface area contributed by atoms with Gasteiger partial charge >= 0.3 is 0 Å². The molecule has 6 aromatic carbocycles. The average molecular weight is 565 g/mol. The van der Waals surface area contributed by atoms with Crippen LogP contribution in [0.25, 0.3) is 11.1 Å². The second-order valence-electron chi connectivity index (χ2n) is 10.8. The molecule has 208 valence electrons. The molecule has 0 spiro atoms. The highest BCUT2D eigenvalue weighted by Gasteiger charge is 2.21. The van der Waals surface area contributed by atoms with Crippen LogP contribution in [0, 0.1) is 22.7 Å². The maximum Gasteiger partial charge on any atom is 0.0991 e. The van der Waals surface area contributed by atoms with E-state index in [1.165, 1.54) is 22.3 Å². The summed E-state index contributed by atoms with van der Waals surface area (Å²) >= 11 is 0. The van der Waals surface area contributed by atoms with E-state index < -0.39 is 0 Å². The fourth-order valence-electron chi connectivity index (χ4n) is 6.07. The molecule has 0 saturated heterocycles. The zero-order chi connectivity index (χ0) is 29.9. The number of aryl methyl sites for hydroxylation is 2. The first kappa shape index (κ1) is 26.8. The number of fused-ring (bicyclic) bond motifs is 3. The number of para-hydroxylation sites is 2. The highest BCUT2D eigenvalue weighted by atomic mass is 15.1. The predicted molar refractivity (Wildman–Crippen MR) is 178 cm³/mol. The third-order valence-corrected chi connectivity index (χ3v) is 8.19. The molecule has 6 aromatic rings. The van der Waals surface area contributed by atoms with Gasteiger partial charge in [-0.25, -0.2) is 0 Å². The number of hydrogen-bond acceptors (Lipinski definition) is 4. The van der Waals surface area contributed by atoms with Crippen LogP contribution in [0.5, 0.6) is 0 Å². The number of hydrogen-bond donors (Lipinski definition) is 0. The molecule has 0 unspecified atom stereocenters. The Kier molecular flexibility index (Phi) is 7.09. The summed E-state index contributed by atoms with van der Waals surface area (Å²) in [6, 6.07) is 54.2. The average Bonchev–Trinajstić information content (AvgIpc) is 3.10. The van der Waals surface area contributed by atoms with Crippen LogP contribution in [0.1, 0.15) is 22.3 Å². The molecule has 0 fully saturated rings. The summed E-state index contributed by atoms with van der Waals surface area (Å²) in [7, 11) is 0. The van der Waals surface area contributed by atoms with E-state index in [4.69, 9.17) is 0 Å². The molecular formula is C40H28N4. The predicted octanol–water partition coefficient (Wildman–Crippen LogP) is 10.1. The molecular weight excluding hydrogens is 536 g/mol. The van der Waals surface area contributed by atoms with Gasteiger partial charge in [-0.15, -0.1) is 0 Å². The molecule has 0 bridgehead atoms. The summed E-state index contributed by atoms with van der Waals surface area (Å²) in [6.45, 7) is 0. The van der Waals surface area contributed by atoms with Crippen molar-refractivity contribution in [3.8, 4) is 23.3 Å². The van der Waals surface area contributed by atoms with Gasteiger partial charge < -0.3 is 9.80 Å². The summed E-state index contributed by atoms with van der Waals surface area (Å²) in [5.74, 6) is 0. The molecule has 0 amide bonds. The number of nitrogens with zero attached hydrogens (tertiary/aromatic N) is 4. The minimum Gasteiger partial charge on any atom is -0.310 e. The van der Waals surface area contributed by atoms with Crippen LogP contribution in [0.4, 0.5) is 34.1 Å². The number of nitriles is 2. The summed E-state index contributed by atoms with van der Waals surface area (Å²) in [5, 5.41) is 18.6. The van der Waals surface area contributed by atoms with Gasteiger partial charge in [0, 0.05) is 34.1 Å². The van der Waals surface area contributed by atoms with Gasteiger partial charge in [0.15, 0.2) is 0 Å². The van der Waals surface area contributed by atoms with Gasteiger partial charge in [-0.3, -0.25) is 0 Å². The standard InChI is InChI=1S/C40H28N4/c41-27-29-11-17-35(18-12-29)43(33-7-3-1-4-8-33)37-21-23-39-31(25-37)15-16-32-26-38(22-24-40(32)39)44(34-9-5-2-6-10-34)36-19-13-30(28-42)14-20-36/h1-14,17-26H,15-16H2. The topological polar surface area (TPSA) is 54.1 Å². The largest absolute Gasteiger partial charge is 0.310 e. The molecule has 4 nitrogen and oxygen atoms in total. The van der Waals surface area contributed by atoms with E-state index in [0.29, 0.717) is 11.1 Å². The fraction of sp³-hybridized carbons (Fsp3) is 0.0500. The Hall–Kier alpha value is -6.10. The Bertz CT molecular complexity index is 1870. The zero-order valence-electron chi connectivity index (χ0n) is 24.1. The van der Waals surface area contributed by atoms with Crippen molar-refractivity contribution in [2.45, 2.75) is 12.8 Å². The van der Waals surface area contributed by atoms with Gasteiger partial charge in [0.25, 0.3) is 0 Å². The minimum atomic E-state index is 0.646. The van der Waals surface area contributed by atoms with E-state index in [1.807, 2.05) is 60.7 Å². The van der Waals surface area contributed by atoms with Crippen LogP contribution in [0.2, 0.25) is 0 Å². The Morgan fingerprint density at radius 1 is 0.386 bits per heavy atom. The molecule has 0 radical (unpaired) electrons. The first-order valence-corrected chi connectivity index (χ1v) is 14.7. The summed E-state index contributed by atoms with van der Waals surface area (Å²) in [6.07, 6.45) is 1.88. The van der Waals surface area contributed by atoms with E-state index in [2.05, 4.69) is 107 Å². The van der Waals surface area contributed by atoms with Crippen molar-refractivity contribution < 1.29 is 0 Å². The van der Waals surface area contributed by atoms with Crippen LogP contribution in [0.3, 0.4) is 0 Å². The first-order valence-electron chi connectivity index (χ1n) is 14.7. The van der Waals surface area contributed by atoms with Crippen molar-refractivity contribution in [1.82, 2.24) is 0 Å². The maximum absolute atomic E-state index is 9.32. The second kappa shape index (κ2) is 11.6. The normalized spacial score (nSPS) is 11.4. The third-order valence-electron chi connectivity index (χ3n) is 8.19. The molecule has 0 N–H and O–H groups in total. The Balaban J connectivity index is 1.27. The van der Waals surface area contributed by atoms with Crippen LogP contribution < -0.4 is 9.80 Å². The lowest BCUT2D eigenvalue weighted by atomic mass is 9.85. The molecule has 0 aromatic heterocycles. The summed E-state index contributed by atoms with van der Waals surface area (Å²) < 4.78 is 0. The van der Waals surface area contributed by atoms with Crippen LogP contribution in [-0.2, 0) is 12.8 Å². The van der Waals surface area contributed by atoms with E-state index >= 15 is 0 Å². The quantitative estimate of drug-likeness (QED) is 0.202. The van der Waals surface area contributed by atoms with Gasteiger partial charge in [-0.05, 0) is 132 Å². The SMILES string of the molecule is N#Cc1ccc(N(c2ccccc2)c2ccc3c(c2)CCc2cc(N(c4ccccc4)c4ccc(C#N)cc4)ccc2-3)cc1. The van der Waals surface area contributed by atoms with Gasteiger partial charge in [0.1, 0.15) is 0 Å². The molecule has 4 heteroatoms. The van der Waals surface area contributed by atoms with E-state index in [9.17, 15) is 10.5 Å². The molecule has 7 rings (SSSR count). The summed E-state index contributed by atoms with van der Waals surface area (Å²) in [4.78, 5) is 4.49. The van der Waals surface area contributed by atoms with E-state index in [0.717, 1.165) is 47.0 Å². The molecule has 1 aliphatic carbocycles. The lowest BCUT2D eigenvalue weighted by Crippen LogP contribution is -2.13. The van der Waals surface area contributed by atoms with Crippen molar-refractivity contribution in [1.29, 1.82) is 10.5 Å². The van der Waals surface area contributed by atoms with Gasteiger partial charge in [0.05, 0.1) is 23.3 Å². The van der Waals surface area contributed by atoms with Crippen LogP contribution in [-0.4, -0.2) is 0 Å². The molecule has 1 aliphatic rings. The molecule has 0 heterocycles. The Labute approximate surface area is 257 Å². The van der Waals surface area contributed by atoms with Crippen molar-refractivity contribution in [3.05, 3.63) is 168 Å². The minimum absolute atomic E-state index is 0.646. The second-order valence-corrected chi connectivity index (χ2v) is 10.8. The van der Waals surface area contributed by atoms with Crippen LogP contribution >= 0.6 is 0 Å². The number of benzene rings is 6. The van der Waals surface area contributed by atoms with Crippen molar-refractivity contribution in [2.75, 3.05) is 9.80 Å². The lowest BCUT2D eigenvalue weighted by Gasteiger charge is -2.29. The van der Waals surface area contributed by atoms with E-state index in [1.54, 1.807) is 0 Å². The van der Waals surface area contributed by atoms with Crippen molar-refractivity contribution >= 4 is 34.1 Å². The van der Waals surface area contributed by atoms with Crippen LogP contribution in [0.15, 0.2) is 146 Å². The van der Waals surface area contributed by atoms with Gasteiger partial charge in [0.2, 0.25) is 0 Å². The van der Waals surface area contributed by atoms with Crippen molar-refractivity contribution in [3.63, 3.8) is 0 Å². The summed E-state index contributed by atoms with van der Waals surface area (Å²) in [5.41, 5.74) is 12.8. The molecule has 0 atom stereocenters. The van der Waals surface area contributed by atoms with Crippen molar-refractivity contribution in [2.24, 2.45) is 0 Å². The highest BCUT2D eigenvalue weighted by molar-refractivity contribution is 5.84. The molecule has 0 saturated carbocycles. The lowest BCUT2D eigenvalue weighted by molar-refractivity contribution is 0.940. The zero-order valence-corrected chi connectivity index (χ0v) is 24.1. The number of rotatable bonds is 6. The Morgan fingerprint density at radius 2 is 0.727 bits per heavy atom. The van der Waals surface area contributed by atoms with E-state index in [-0.39, 0.29) is 0 Å². The molecule has 44 heavy (non-hydrogen) atoms. The van der Waals surface area contributed by atoms with Gasteiger partial charge in [-0.2, -0.15) is 10.5 Å². The van der Waals surface area contributed by atoms with Gasteiger partial charge in [-0.1, -0.05) is 48.5 Å². The fourth-order valence-corrected chi connectivity index (χ4v) is 6.07. The maximum atomic E-state index is 9.32. The third kappa shape index (κ3) is 5.07. The Morgan fingerprint density at radius 3 is 1.09 bits per heavy atom. The molecule has 0 aliphatic heterocycles. The number of anilines is 6. The monoisotopic (exact) mass is 564 g/mol. The first-order chi connectivity index (χ1) is 21.7.